The van der Waals surface area contributed by atoms with E-state index in [4.69, 9.17) is 0 Å². The van der Waals surface area contributed by atoms with E-state index in [0.717, 1.165) is 82.8 Å². The third-order valence-electron chi connectivity index (χ3n) is 11.1. The summed E-state index contributed by atoms with van der Waals surface area (Å²) in [6.45, 7) is 0. The summed E-state index contributed by atoms with van der Waals surface area (Å²) in [5.41, 5.74) is 12.7. The minimum Gasteiger partial charge on any atom is -0.309 e. The number of benzene rings is 8. The predicted octanol–water partition coefficient (Wildman–Crippen LogP) is 12.4. The van der Waals surface area contributed by atoms with Gasteiger partial charge in [0.05, 0.1) is 62.1 Å². The minimum atomic E-state index is 0.586. The topological polar surface area (TPSA) is 62.4 Å². The van der Waals surface area contributed by atoms with E-state index in [0.29, 0.717) is 11.1 Å². The van der Waals surface area contributed by atoms with Crippen LogP contribution in [0, 0.1) is 22.7 Å². The lowest BCUT2D eigenvalue weighted by molar-refractivity contribution is 1.13. The van der Waals surface area contributed by atoms with E-state index in [9.17, 15) is 10.5 Å². The van der Waals surface area contributed by atoms with E-state index >= 15 is 0 Å². The van der Waals surface area contributed by atoms with Crippen molar-refractivity contribution in [1.29, 1.82) is 10.5 Å². The molecule has 0 aliphatic heterocycles. The van der Waals surface area contributed by atoms with Gasteiger partial charge in [0.25, 0.3) is 0 Å². The monoisotopic (exact) mass is 699 g/mol. The summed E-state index contributed by atoms with van der Waals surface area (Å²) in [7, 11) is 0. The molecule has 0 aliphatic rings. The fourth-order valence-corrected chi connectivity index (χ4v) is 8.72. The maximum absolute atomic E-state index is 10.4. The summed E-state index contributed by atoms with van der Waals surface area (Å²) in [5, 5.41) is 27.1. The van der Waals surface area contributed by atoms with Gasteiger partial charge in [0.1, 0.15) is 0 Å². The lowest BCUT2D eigenvalue weighted by atomic mass is 10.0. The average molecular weight is 700 g/mol. The van der Waals surface area contributed by atoms with Crippen LogP contribution in [-0.2, 0) is 0 Å². The Bertz CT molecular complexity index is 3400. The lowest BCUT2D eigenvalue weighted by Crippen LogP contribution is -2.01. The molecule has 0 unspecified atom stereocenters. The minimum absolute atomic E-state index is 0.586. The second-order valence-electron chi connectivity index (χ2n) is 14.0. The molecular weight excluding hydrogens is 671 g/mol. The highest BCUT2D eigenvalue weighted by Crippen LogP contribution is 2.40. The molecule has 0 bridgehead atoms. The molecule has 254 valence electrons. The molecule has 0 saturated heterocycles. The summed E-state index contributed by atoms with van der Waals surface area (Å²) < 4.78 is 6.93. The summed E-state index contributed by atoms with van der Waals surface area (Å²) in [6.07, 6.45) is 0. The van der Waals surface area contributed by atoms with Gasteiger partial charge >= 0.3 is 0 Å². The van der Waals surface area contributed by atoms with E-state index in [1.807, 2.05) is 36.4 Å². The highest BCUT2D eigenvalue weighted by Gasteiger charge is 2.21. The first-order chi connectivity index (χ1) is 27.2. The molecule has 3 heterocycles. The number of nitrogens with zero attached hydrogens (tertiary/aromatic N) is 5. The summed E-state index contributed by atoms with van der Waals surface area (Å²) in [6, 6.07) is 66.0. The van der Waals surface area contributed by atoms with Crippen LogP contribution >= 0.6 is 0 Å². The molecule has 0 radical (unpaired) electrons. The first-order valence-electron chi connectivity index (χ1n) is 18.3. The van der Waals surface area contributed by atoms with Gasteiger partial charge in [-0.05, 0) is 83.9 Å². The van der Waals surface area contributed by atoms with Crippen molar-refractivity contribution in [2.45, 2.75) is 0 Å². The molecule has 3 aromatic heterocycles. The van der Waals surface area contributed by atoms with Crippen LogP contribution in [0.15, 0.2) is 176 Å². The molecule has 0 atom stereocenters. The summed E-state index contributed by atoms with van der Waals surface area (Å²) >= 11 is 0. The molecule has 0 fully saturated rings. The van der Waals surface area contributed by atoms with Gasteiger partial charge in [-0.2, -0.15) is 10.5 Å². The van der Waals surface area contributed by atoms with Gasteiger partial charge in [-0.1, -0.05) is 103 Å². The molecule has 0 spiro atoms. The van der Waals surface area contributed by atoms with Crippen LogP contribution < -0.4 is 0 Å². The fourth-order valence-electron chi connectivity index (χ4n) is 8.72. The zero-order valence-corrected chi connectivity index (χ0v) is 29.5. The van der Waals surface area contributed by atoms with Crippen LogP contribution in [0.3, 0.4) is 0 Å². The van der Waals surface area contributed by atoms with Crippen molar-refractivity contribution >= 4 is 65.4 Å². The van der Waals surface area contributed by atoms with Crippen LogP contribution in [0.1, 0.15) is 11.1 Å². The number of aromatic nitrogens is 3. The van der Waals surface area contributed by atoms with Crippen LogP contribution in [-0.4, -0.2) is 13.7 Å². The molecule has 5 heteroatoms. The molecule has 0 N–H and O–H groups in total. The standard InChI is InChI=1S/C50H29N5/c51-30-32-20-25-42-40-12-1-5-15-44(40)53(49(42)28-32)36-23-21-34(22-24-36)35-26-33(31-52)27-37(29-35)54-45-16-6-4-13-41(45)43-14-9-19-48(50(43)54)55-46-17-7-2-10-38(46)39-11-3-8-18-47(39)55/h1-29H. The van der Waals surface area contributed by atoms with Gasteiger partial charge in [0, 0.05) is 43.7 Å². The number of para-hydroxylation sites is 5. The highest BCUT2D eigenvalue weighted by atomic mass is 15.1. The number of hydrogen-bond acceptors (Lipinski definition) is 2. The smallest absolute Gasteiger partial charge is 0.0992 e. The Labute approximate surface area is 316 Å². The lowest BCUT2D eigenvalue weighted by Gasteiger charge is -2.16. The Morgan fingerprint density at radius 1 is 0.327 bits per heavy atom. The van der Waals surface area contributed by atoms with Gasteiger partial charge in [-0.15, -0.1) is 0 Å². The van der Waals surface area contributed by atoms with Crippen molar-refractivity contribution in [2.24, 2.45) is 0 Å². The number of hydrogen-bond donors (Lipinski definition) is 0. The third kappa shape index (κ3) is 4.51. The molecule has 0 amide bonds. The summed E-state index contributed by atoms with van der Waals surface area (Å²) in [4.78, 5) is 0. The second-order valence-corrected chi connectivity index (χ2v) is 14.0. The van der Waals surface area contributed by atoms with Crippen molar-refractivity contribution in [3.8, 4) is 40.3 Å². The highest BCUT2D eigenvalue weighted by molar-refractivity contribution is 6.15. The Morgan fingerprint density at radius 2 is 0.855 bits per heavy atom. The number of fused-ring (bicyclic) bond motifs is 9. The molecule has 8 aromatic carbocycles. The Morgan fingerprint density at radius 3 is 1.47 bits per heavy atom. The third-order valence-corrected chi connectivity index (χ3v) is 11.1. The molecule has 0 aliphatic carbocycles. The van der Waals surface area contributed by atoms with Gasteiger partial charge in [0.15, 0.2) is 0 Å². The average Bonchev–Trinajstić information content (AvgIpc) is 3.89. The van der Waals surface area contributed by atoms with Crippen LogP contribution in [0.25, 0.3) is 93.6 Å². The SMILES string of the molecule is N#Cc1cc(-c2ccc(-n3c4ccccc4c4ccc(C#N)cc43)cc2)cc(-n2c3ccccc3c3cccc(-n4c5ccccc5c5ccccc54)c32)c1. The van der Waals surface area contributed by atoms with Crippen molar-refractivity contribution in [2.75, 3.05) is 0 Å². The molecule has 0 saturated carbocycles. The summed E-state index contributed by atoms with van der Waals surface area (Å²) in [5.74, 6) is 0. The molecule has 11 aromatic rings. The van der Waals surface area contributed by atoms with Crippen molar-refractivity contribution in [3.63, 3.8) is 0 Å². The van der Waals surface area contributed by atoms with Gasteiger partial charge < -0.3 is 13.7 Å². The fraction of sp³-hybridized carbons (Fsp3) is 0. The van der Waals surface area contributed by atoms with Crippen LogP contribution in [0.4, 0.5) is 0 Å². The van der Waals surface area contributed by atoms with Gasteiger partial charge in [-0.25, -0.2) is 0 Å². The van der Waals surface area contributed by atoms with E-state index in [1.165, 1.54) is 10.8 Å². The zero-order valence-electron chi connectivity index (χ0n) is 29.5. The van der Waals surface area contributed by atoms with Crippen molar-refractivity contribution < 1.29 is 0 Å². The molecular formula is C50H29N5. The van der Waals surface area contributed by atoms with Gasteiger partial charge in [-0.3, -0.25) is 0 Å². The normalized spacial score (nSPS) is 11.6. The van der Waals surface area contributed by atoms with E-state index in [2.05, 4.69) is 165 Å². The number of rotatable bonds is 4. The Balaban J connectivity index is 1.13. The maximum Gasteiger partial charge on any atom is 0.0992 e. The predicted molar refractivity (Wildman–Crippen MR) is 224 cm³/mol. The first-order valence-corrected chi connectivity index (χ1v) is 18.3. The van der Waals surface area contributed by atoms with E-state index in [1.54, 1.807) is 0 Å². The largest absolute Gasteiger partial charge is 0.309 e. The second kappa shape index (κ2) is 11.8. The molecule has 55 heavy (non-hydrogen) atoms. The Kier molecular flexibility index (Phi) is 6.61. The van der Waals surface area contributed by atoms with Crippen molar-refractivity contribution in [3.05, 3.63) is 187 Å². The first kappa shape index (κ1) is 30.7. The number of nitriles is 2. The van der Waals surface area contributed by atoms with Gasteiger partial charge in [0.2, 0.25) is 0 Å². The van der Waals surface area contributed by atoms with E-state index < -0.39 is 0 Å². The van der Waals surface area contributed by atoms with E-state index in [-0.39, 0.29) is 0 Å². The zero-order chi connectivity index (χ0) is 36.6. The van der Waals surface area contributed by atoms with Crippen molar-refractivity contribution in [1.82, 2.24) is 13.7 Å². The van der Waals surface area contributed by atoms with Crippen LogP contribution in [0.2, 0.25) is 0 Å². The quantitative estimate of drug-likeness (QED) is 0.184. The molecule has 11 rings (SSSR count). The maximum atomic E-state index is 10.4. The van der Waals surface area contributed by atoms with Crippen LogP contribution in [0.5, 0.6) is 0 Å². The molecule has 5 nitrogen and oxygen atoms in total. The Hall–Kier alpha value is -7.86.